The SMILES string of the molecule is CCNc1ccc2c(c1)N(c1ccccc1)C1=CC(N)=C(c3ccccc3)CC1=N2. The van der Waals surface area contributed by atoms with Crippen LogP contribution in [0.15, 0.2) is 101 Å². The average molecular weight is 393 g/mol. The number of nitrogens with two attached hydrogens (primary N) is 1. The molecule has 0 radical (unpaired) electrons. The first kappa shape index (κ1) is 18.3. The third-order valence-electron chi connectivity index (χ3n) is 5.51. The fourth-order valence-corrected chi connectivity index (χ4v) is 4.12. The van der Waals surface area contributed by atoms with Gasteiger partial charge < -0.3 is 16.0 Å². The van der Waals surface area contributed by atoms with Crippen LogP contribution >= 0.6 is 0 Å². The number of rotatable bonds is 4. The van der Waals surface area contributed by atoms with E-state index in [4.69, 9.17) is 10.7 Å². The van der Waals surface area contributed by atoms with Crippen molar-refractivity contribution in [3.8, 4) is 0 Å². The van der Waals surface area contributed by atoms with Crippen molar-refractivity contribution in [3.05, 3.63) is 102 Å². The Hall–Kier alpha value is -3.79. The summed E-state index contributed by atoms with van der Waals surface area (Å²) in [5, 5.41) is 3.41. The Labute approximate surface area is 177 Å². The topological polar surface area (TPSA) is 53.6 Å². The molecule has 0 spiro atoms. The van der Waals surface area contributed by atoms with E-state index >= 15 is 0 Å². The number of hydrogen-bond acceptors (Lipinski definition) is 4. The normalized spacial score (nSPS) is 15.2. The molecular weight excluding hydrogens is 368 g/mol. The summed E-state index contributed by atoms with van der Waals surface area (Å²) in [7, 11) is 0. The predicted octanol–water partition coefficient (Wildman–Crippen LogP) is 6.00. The molecule has 148 valence electrons. The molecule has 3 N–H and O–H groups in total. The maximum absolute atomic E-state index is 6.57. The number of hydrogen-bond donors (Lipinski definition) is 2. The van der Waals surface area contributed by atoms with E-state index < -0.39 is 0 Å². The predicted molar refractivity (Wildman–Crippen MR) is 127 cm³/mol. The van der Waals surface area contributed by atoms with Gasteiger partial charge in [0.25, 0.3) is 0 Å². The Kier molecular flexibility index (Phi) is 4.60. The summed E-state index contributed by atoms with van der Waals surface area (Å²) >= 11 is 0. The molecule has 0 aromatic heterocycles. The Morgan fingerprint density at radius 2 is 1.70 bits per heavy atom. The number of fused-ring (bicyclic) bond motifs is 2. The molecule has 30 heavy (non-hydrogen) atoms. The van der Waals surface area contributed by atoms with Crippen LogP contribution in [0.4, 0.5) is 22.7 Å². The third-order valence-corrected chi connectivity index (χ3v) is 5.51. The largest absolute Gasteiger partial charge is 0.398 e. The highest BCUT2D eigenvalue weighted by atomic mass is 15.2. The van der Waals surface area contributed by atoms with Crippen molar-refractivity contribution >= 4 is 34.0 Å². The second kappa shape index (κ2) is 7.56. The van der Waals surface area contributed by atoms with Crippen molar-refractivity contribution < 1.29 is 0 Å². The smallest absolute Gasteiger partial charge is 0.0876 e. The number of para-hydroxylation sites is 1. The van der Waals surface area contributed by atoms with Crippen LogP contribution in [0.3, 0.4) is 0 Å². The van der Waals surface area contributed by atoms with Gasteiger partial charge in [-0.05, 0) is 54.5 Å². The second-order valence-electron chi connectivity index (χ2n) is 7.47. The van der Waals surface area contributed by atoms with Crippen LogP contribution in [-0.4, -0.2) is 12.3 Å². The molecule has 0 fully saturated rings. The number of aliphatic imine (C=N–C) groups is 1. The molecule has 3 aromatic carbocycles. The van der Waals surface area contributed by atoms with Crippen LogP contribution in [0.25, 0.3) is 5.57 Å². The zero-order chi connectivity index (χ0) is 20.5. The maximum Gasteiger partial charge on any atom is 0.0876 e. The lowest BCUT2D eigenvalue weighted by molar-refractivity contribution is 1.13. The van der Waals surface area contributed by atoms with E-state index in [9.17, 15) is 0 Å². The molecule has 0 saturated carbocycles. The van der Waals surface area contributed by atoms with Crippen molar-refractivity contribution in [2.75, 3.05) is 16.8 Å². The van der Waals surface area contributed by atoms with Crippen LogP contribution in [0, 0.1) is 0 Å². The minimum atomic E-state index is 0.708. The van der Waals surface area contributed by atoms with Gasteiger partial charge in [-0.3, -0.25) is 0 Å². The monoisotopic (exact) mass is 392 g/mol. The van der Waals surface area contributed by atoms with E-state index in [1.165, 1.54) is 0 Å². The van der Waals surface area contributed by atoms with E-state index in [-0.39, 0.29) is 0 Å². The number of anilines is 3. The van der Waals surface area contributed by atoms with Crippen molar-refractivity contribution in [2.45, 2.75) is 13.3 Å². The van der Waals surface area contributed by atoms with Crippen molar-refractivity contribution in [1.29, 1.82) is 0 Å². The molecule has 3 aromatic rings. The molecule has 0 bridgehead atoms. The molecule has 1 aliphatic heterocycles. The molecular formula is C26H24N4. The van der Waals surface area contributed by atoms with Crippen LogP contribution in [0.2, 0.25) is 0 Å². The summed E-state index contributed by atoms with van der Waals surface area (Å²) in [5.41, 5.74) is 15.9. The van der Waals surface area contributed by atoms with E-state index in [1.54, 1.807) is 0 Å². The van der Waals surface area contributed by atoms with Gasteiger partial charge in [-0.25, -0.2) is 4.99 Å². The minimum absolute atomic E-state index is 0.708. The van der Waals surface area contributed by atoms with Crippen molar-refractivity contribution in [3.63, 3.8) is 0 Å². The van der Waals surface area contributed by atoms with Gasteiger partial charge in [-0.15, -0.1) is 0 Å². The van der Waals surface area contributed by atoms with Gasteiger partial charge in [0.15, 0.2) is 0 Å². The first-order valence-electron chi connectivity index (χ1n) is 10.3. The molecule has 2 aliphatic rings. The number of nitrogens with one attached hydrogen (secondary N) is 1. The molecule has 0 amide bonds. The van der Waals surface area contributed by atoms with Gasteiger partial charge in [0, 0.05) is 30.0 Å². The highest BCUT2D eigenvalue weighted by Crippen LogP contribution is 2.45. The van der Waals surface area contributed by atoms with Crippen LogP contribution in [-0.2, 0) is 0 Å². The van der Waals surface area contributed by atoms with Crippen LogP contribution < -0.4 is 16.0 Å². The third kappa shape index (κ3) is 3.16. The molecule has 4 nitrogen and oxygen atoms in total. The highest BCUT2D eigenvalue weighted by molar-refractivity contribution is 6.16. The zero-order valence-electron chi connectivity index (χ0n) is 17.0. The lowest BCUT2D eigenvalue weighted by Gasteiger charge is -2.35. The fraction of sp³-hybridized carbons (Fsp3) is 0.115. The van der Waals surface area contributed by atoms with E-state index in [2.05, 4.69) is 77.8 Å². The molecule has 0 atom stereocenters. The standard InChI is InChI=1S/C26H24N4/c1-2-28-19-13-14-23-25(15-19)30(20-11-7-4-8-12-20)26-17-22(27)21(16-24(26)29-23)18-9-5-3-6-10-18/h3-15,17,28H,2,16,27H2,1H3. The van der Waals surface area contributed by atoms with Crippen LogP contribution in [0.5, 0.6) is 0 Å². The summed E-state index contributed by atoms with van der Waals surface area (Å²) in [5.74, 6) is 0. The van der Waals surface area contributed by atoms with Crippen molar-refractivity contribution in [2.24, 2.45) is 10.7 Å². The Bertz CT molecular complexity index is 1170. The molecule has 1 aliphatic carbocycles. The van der Waals surface area contributed by atoms with Crippen molar-refractivity contribution in [1.82, 2.24) is 0 Å². The molecule has 1 heterocycles. The highest BCUT2D eigenvalue weighted by Gasteiger charge is 2.30. The zero-order valence-corrected chi connectivity index (χ0v) is 17.0. The minimum Gasteiger partial charge on any atom is -0.398 e. The van der Waals surface area contributed by atoms with Gasteiger partial charge in [0.2, 0.25) is 0 Å². The Morgan fingerprint density at radius 1 is 0.967 bits per heavy atom. The summed E-state index contributed by atoms with van der Waals surface area (Å²) in [4.78, 5) is 7.31. The Balaban J connectivity index is 1.69. The van der Waals surface area contributed by atoms with Gasteiger partial charge >= 0.3 is 0 Å². The second-order valence-corrected chi connectivity index (χ2v) is 7.47. The lowest BCUT2D eigenvalue weighted by Crippen LogP contribution is -2.29. The maximum atomic E-state index is 6.57. The molecule has 5 rings (SSSR count). The van der Waals surface area contributed by atoms with Gasteiger partial charge in [0.1, 0.15) is 0 Å². The van der Waals surface area contributed by atoms with Gasteiger partial charge in [0.05, 0.1) is 22.8 Å². The lowest BCUT2D eigenvalue weighted by atomic mass is 9.90. The molecule has 0 saturated heterocycles. The number of allylic oxidation sites excluding steroid dienone is 3. The summed E-state index contributed by atoms with van der Waals surface area (Å²) in [6.45, 7) is 2.97. The van der Waals surface area contributed by atoms with Gasteiger partial charge in [-0.2, -0.15) is 0 Å². The summed E-state index contributed by atoms with van der Waals surface area (Å²) in [6.07, 6.45) is 2.78. The molecule has 0 unspecified atom stereocenters. The first-order valence-corrected chi connectivity index (χ1v) is 10.3. The molecule has 4 heteroatoms. The fourth-order valence-electron chi connectivity index (χ4n) is 4.12. The Morgan fingerprint density at radius 3 is 2.43 bits per heavy atom. The summed E-state index contributed by atoms with van der Waals surface area (Å²) in [6, 6.07) is 27.1. The van der Waals surface area contributed by atoms with Crippen LogP contribution in [0.1, 0.15) is 18.9 Å². The number of nitrogens with zero attached hydrogens (tertiary/aromatic N) is 2. The average Bonchev–Trinajstić information content (AvgIpc) is 2.79. The quantitative estimate of drug-likeness (QED) is 0.572. The summed E-state index contributed by atoms with van der Waals surface area (Å²) < 4.78 is 0. The van der Waals surface area contributed by atoms with E-state index in [0.717, 1.165) is 57.5 Å². The van der Waals surface area contributed by atoms with E-state index in [0.29, 0.717) is 6.42 Å². The number of benzene rings is 3. The van der Waals surface area contributed by atoms with Gasteiger partial charge in [-0.1, -0.05) is 48.5 Å². The van der Waals surface area contributed by atoms with E-state index in [1.807, 2.05) is 24.3 Å². The first-order chi connectivity index (χ1) is 14.7.